The Morgan fingerprint density at radius 1 is 1.33 bits per heavy atom. The number of phenolic OH excluding ortho intramolecular Hbond substituents is 1. The second-order valence-corrected chi connectivity index (χ2v) is 7.10. The highest BCUT2D eigenvalue weighted by atomic mass is 19.1. The molecule has 0 amide bonds. The first-order valence-electron chi connectivity index (χ1n) is 7.76. The van der Waals surface area contributed by atoms with Crippen LogP contribution in [0.3, 0.4) is 0 Å². The third kappa shape index (κ3) is 2.55. The number of nitrogens with zero attached hydrogens (tertiary/aromatic N) is 1. The minimum absolute atomic E-state index is 0.135. The Balaban J connectivity index is 2.00. The van der Waals surface area contributed by atoms with Crippen LogP contribution >= 0.6 is 0 Å². The fourth-order valence-electron chi connectivity index (χ4n) is 4.45. The highest BCUT2D eigenvalue weighted by Gasteiger charge is 2.51. The van der Waals surface area contributed by atoms with Crippen molar-refractivity contribution in [1.29, 1.82) is 0 Å². The first-order chi connectivity index (χ1) is 9.90. The third-order valence-electron chi connectivity index (χ3n) is 5.37. The smallest absolute Gasteiger partial charge is 0.164 e. The van der Waals surface area contributed by atoms with E-state index in [0.29, 0.717) is 23.8 Å². The largest absolute Gasteiger partial charge is 0.505 e. The zero-order valence-electron chi connectivity index (χ0n) is 12.7. The van der Waals surface area contributed by atoms with Gasteiger partial charge >= 0.3 is 0 Å². The van der Waals surface area contributed by atoms with Gasteiger partial charge in [0.15, 0.2) is 11.6 Å². The Labute approximate surface area is 125 Å². The van der Waals surface area contributed by atoms with Gasteiger partial charge in [-0.15, -0.1) is 0 Å². The Morgan fingerprint density at radius 3 is 2.76 bits per heavy atom. The van der Waals surface area contributed by atoms with Gasteiger partial charge in [0.1, 0.15) is 0 Å². The number of hydrogen-bond donors (Lipinski definition) is 2. The summed E-state index contributed by atoms with van der Waals surface area (Å²) in [7, 11) is 4.03. The number of benzene rings is 1. The fraction of sp³-hybridized carbons (Fsp3) is 0.647. The number of fused-ring (bicyclic) bond motifs is 2. The zero-order valence-corrected chi connectivity index (χ0v) is 12.7. The molecule has 2 bridgehead atoms. The van der Waals surface area contributed by atoms with E-state index in [9.17, 15) is 14.6 Å². The third-order valence-corrected chi connectivity index (χ3v) is 5.37. The van der Waals surface area contributed by atoms with E-state index in [1.807, 2.05) is 14.1 Å². The highest BCUT2D eigenvalue weighted by molar-refractivity contribution is 5.34. The molecule has 0 spiro atoms. The van der Waals surface area contributed by atoms with E-state index in [0.717, 1.165) is 6.54 Å². The maximum Gasteiger partial charge on any atom is 0.164 e. The van der Waals surface area contributed by atoms with Crippen molar-refractivity contribution in [2.75, 3.05) is 20.6 Å². The van der Waals surface area contributed by atoms with Gasteiger partial charge in [-0.1, -0.05) is 12.5 Å². The number of aliphatic hydroxyl groups is 1. The minimum atomic E-state index is -0.959. The van der Waals surface area contributed by atoms with Crippen molar-refractivity contribution in [3.63, 3.8) is 0 Å². The van der Waals surface area contributed by atoms with Gasteiger partial charge in [0.2, 0.25) is 0 Å². The lowest BCUT2D eigenvalue weighted by molar-refractivity contribution is -0.0892. The van der Waals surface area contributed by atoms with Crippen LogP contribution in [0.1, 0.15) is 31.2 Å². The molecule has 2 aliphatic carbocycles. The summed E-state index contributed by atoms with van der Waals surface area (Å²) in [6.07, 6.45) is 4.24. The lowest BCUT2D eigenvalue weighted by Gasteiger charge is -2.45. The second-order valence-electron chi connectivity index (χ2n) is 7.10. The highest BCUT2D eigenvalue weighted by Crippen LogP contribution is 2.54. The molecule has 2 aliphatic rings. The Bertz CT molecular complexity index is 534. The molecule has 3 nitrogen and oxygen atoms in total. The lowest BCUT2D eigenvalue weighted by Crippen LogP contribution is -2.47. The number of halogens is 1. The summed E-state index contributed by atoms with van der Waals surface area (Å²) in [5.41, 5.74) is -0.302. The fourth-order valence-corrected chi connectivity index (χ4v) is 4.45. The number of hydrogen-bond acceptors (Lipinski definition) is 3. The van der Waals surface area contributed by atoms with Gasteiger partial charge in [-0.3, -0.25) is 0 Å². The Kier molecular flexibility index (Phi) is 3.70. The molecule has 1 aromatic carbocycles. The van der Waals surface area contributed by atoms with E-state index in [-0.39, 0.29) is 11.7 Å². The molecule has 0 aliphatic heterocycles. The van der Waals surface area contributed by atoms with Gasteiger partial charge in [0, 0.05) is 12.5 Å². The Morgan fingerprint density at radius 2 is 2.10 bits per heavy atom. The van der Waals surface area contributed by atoms with E-state index >= 15 is 0 Å². The van der Waals surface area contributed by atoms with E-state index in [1.54, 1.807) is 6.07 Å². The van der Waals surface area contributed by atoms with E-state index < -0.39 is 11.4 Å². The molecular formula is C17H24FNO2. The molecule has 21 heavy (non-hydrogen) atoms. The van der Waals surface area contributed by atoms with Crippen LogP contribution < -0.4 is 0 Å². The zero-order chi connectivity index (χ0) is 15.2. The maximum atomic E-state index is 13.3. The SMILES string of the molecule is CN(C)C[C@H]1C2CCC(C2)C[C@]1(O)c1ccc(F)c(O)c1. The summed E-state index contributed by atoms with van der Waals surface area (Å²) in [5.74, 6) is 0.192. The average Bonchev–Trinajstić information content (AvgIpc) is 2.81. The predicted molar refractivity (Wildman–Crippen MR) is 79.5 cm³/mol. The van der Waals surface area contributed by atoms with Crippen molar-refractivity contribution in [3.8, 4) is 5.75 Å². The molecular weight excluding hydrogens is 269 g/mol. The number of aromatic hydroxyl groups is 1. The van der Waals surface area contributed by atoms with Crippen LogP contribution in [0.15, 0.2) is 18.2 Å². The maximum absolute atomic E-state index is 13.3. The normalized spacial score (nSPS) is 35.4. The van der Waals surface area contributed by atoms with Gasteiger partial charge in [-0.25, -0.2) is 4.39 Å². The number of phenols is 1. The molecule has 2 saturated carbocycles. The van der Waals surface area contributed by atoms with Gasteiger partial charge in [0.05, 0.1) is 5.60 Å². The Hall–Kier alpha value is -1.13. The quantitative estimate of drug-likeness (QED) is 0.900. The van der Waals surface area contributed by atoms with Crippen LogP contribution in [0.4, 0.5) is 4.39 Å². The average molecular weight is 293 g/mol. The summed E-state index contributed by atoms with van der Waals surface area (Å²) >= 11 is 0. The van der Waals surface area contributed by atoms with Gasteiger partial charge in [-0.05, 0) is 62.9 Å². The molecule has 3 rings (SSSR count). The molecule has 1 aromatic rings. The molecule has 0 heterocycles. The number of rotatable bonds is 3. The molecule has 4 atom stereocenters. The van der Waals surface area contributed by atoms with Gasteiger partial charge < -0.3 is 15.1 Å². The summed E-state index contributed by atoms with van der Waals surface area (Å²) in [6, 6.07) is 4.29. The van der Waals surface area contributed by atoms with Crippen molar-refractivity contribution < 1.29 is 14.6 Å². The van der Waals surface area contributed by atoms with E-state index in [1.165, 1.54) is 31.4 Å². The van der Waals surface area contributed by atoms with E-state index in [2.05, 4.69) is 4.90 Å². The van der Waals surface area contributed by atoms with Crippen LogP contribution in [0.2, 0.25) is 0 Å². The molecule has 2 fully saturated rings. The summed E-state index contributed by atoms with van der Waals surface area (Å²) < 4.78 is 13.3. The van der Waals surface area contributed by atoms with E-state index in [4.69, 9.17) is 0 Å². The molecule has 116 valence electrons. The topological polar surface area (TPSA) is 43.7 Å². The monoisotopic (exact) mass is 293 g/mol. The minimum Gasteiger partial charge on any atom is -0.505 e. The lowest BCUT2D eigenvalue weighted by atomic mass is 9.66. The second kappa shape index (κ2) is 5.25. The standard InChI is InChI=1S/C17H24FNO2/c1-19(2)10-14-12-4-3-11(7-12)9-17(14,21)13-5-6-15(18)16(20)8-13/h5-6,8,11-12,14,20-21H,3-4,7,9-10H2,1-2H3/t11?,12?,14-,17-/m0/s1. The van der Waals surface area contributed by atoms with Gasteiger partial charge in [-0.2, -0.15) is 0 Å². The van der Waals surface area contributed by atoms with Crippen molar-refractivity contribution in [2.45, 2.75) is 31.3 Å². The summed E-state index contributed by atoms with van der Waals surface area (Å²) in [5, 5.41) is 21.1. The molecule has 0 saturated heterocycles. The van der Waals surface area contributed by atoms with Crippen LogP contribution in [-0.4, -0.2) is 35.8 Å². The van der Waals surface area contributed by atoms with Gasteiger partial charge in [0.25, 0.3) is 0 Å². The van der Waals surface area contributed by atoms with Crippen molar-refractivity contribution >= 4 is 0 Å². The molecule has 2 unspecified atom stereocenters. The van der Waals surface area contributed by atoms with Crippen molar-refractivity contribution in [1.82, 2.24) is 4.90 Å². The molecule has 4 heteroatoms. The van der Waals surface area contributed by atoms with Crippen LogP contribution in [0.25, 0.3) is 0 Å². The summed E-state index contributed by atoms with van der Waals surface area (Å²) in [6.45, 7) is 0.812. The molecule has 0 radical (unpaired) electrons. The predicted octanol–water partition coefficient (Wildman–Crippen LogP) is 2.72. The first kappa shape index (κ1) is 14.8. The molecule has 2 N–H and O–H groups in total. The van der Waals surface area contributed by atoms with Crippen LogP contribution in [0.5, 0.6) is 5.75 Å². The first-order valence-corrected chi connectivity index (χ1v) is 7.76. The van der Waals surface area contributed by atoms with Crippen molar-refractivity contribution in [3.05, 3.63) is 29.6 Å². The summed E-state index contributed by atoms with van der Waals surface area (Å²) in [4.78, 5) is 2.11. The molecule has 0 aromatic heterocycles. The van der Waals surface area contributed by atoms with Crippen LogP contribution in [-0.2, 0) is 5.60 Å². The van der Waals surface area contributed by atoms with Crippen LogP contribution in [0, 0.1) is 23.6 Å². The van der Waals surface area contributed by atoms with Crippen molar-refractivity contribution in [2.24, 2.45) is 17.8 Å².